The first-order valence-electron chi connectivity index (χ1n) is 7.40. The van der Waals surface area contributed by atoms with E-state index < -0.39 is 17.6 Å². The molecule has 0 saturated carbocycles. The Kier molecular flexibility index (Phi) is 6.08. The number of hydrogen-bond donors (Lipinski definition) is 1. The number of carboxylic acids is 1. The Morgan fingerprint density at radius 3 is 2.44 bits per heavy atom. The highest BCUT2D eigenvalue weighted by atomic mass is 79.9. The molecule has 0 aliphatic heterocycles. The molecule has 0 bridgehead atoms. The van der Waals surface area contributed by atoms with Crippen LogP contribution in [0.25, 0.3) is 0 Å². The van der Waals surface area contributed by atoms with E-state index in [1.54, 1.807) is 18.2 Å². The maximum absolute atomic E-state index is 12.4. The van der Waals surface area contributed by atoms with Crippen molar-refractivity contribution in [1.82, 2.24) is 4.90 Å². The van der Waals surface area contributed by atoms with Crippen molar-refractivity contribution < 1.29 is 19.4 Å². The predicted molar refractivity (Wildman–Crippen MR) is 98.5 cm³/mol. The van der Waals surface area contributed by atoms with Crippen molar-refractivity contribution in [1.29, 1.82) is 0 Å². The third-order valence-electron chi connectivity index (χ3n) is 4.02. The fourth-order valence-electron chi connectivity index (χ4n) is 2.32. The number of hydrogen-bond acceptors (Lipinski definition) is 3. The molecule has 1 N–H and O–H groups in total. The molecule has 2 aromatic rings. The number of likely N-dealkylation sites (N-methyl/N-ethyl adjacent to an activating group) is 1. The van der Waals surface area contributed by atoms with Crippen molar-refractivity contribution in [3.05, 3.63) is 69.2 Å². The van der Waals surface area contributed by atoms with Crippen molar-refractivity contribution >= 4 is 39.6 Å². The van der Waals surface area contributed by atoms with Gasteiger partial charge in [0, 0.05) is 22.1 Å². The Balaban J connectivity index is 2.26. The molecule has 0 aliphatic carbocycles. The summed E-state index contributed by atoms with van der Waals surface area (Å²) >= 11 is 9.49. The van der Waals surface area contributed by atoms with Crippen LogP contribution in [0.3, 0.4) is 0 Å². The molecule has 1 amide bonds. The summed E-state index contributed by atoms with van der Waals surface area (Å²) in [5.41, 5.74) is -0.571. The first kappa shape index (κ1) is 19.3. The summed E-state index contributed by atoms with van der Waals surface area (Å²) in [5.74, 6) is -1.21. The van der Waals surface area contributed by atoms with Crippen LogP contribution in [0.4, 0.5) is 4.79 Å². The summed E-state index contributed by atoms with van der Waals surface area (Å²) in [6, 6.07) is 14.0. The number of carbonyl (C=O) groups is 2. The highest BCUT2D eigenvalue weighted by Crippen LogP contribution is 2.35. The number of aliphatic carboxylic acids is 1. The van der Waals surface area contributed by atoms with Gasteiger partial charge in [0.15, 0.2) is 5.54 Å². The zero-order chi connectivity index (χ0) is 18.6. The van der Waals surface area contributed by atoms with Crippen molar-refractivity contribution in [2.75, 3.05) is 7.05 Å². The van der Waals surface area contributed by atoms with Crippen molar-refractivity contribution in [3.8, 4) is 0 Å². The minimum absolute atomic E-state index is 0.0494. The number of rotatable bonds is 5. The molecule has 0 saturated heterocycles. The van der Waals surface area contributed by atoms with Gasteiger partial charge in [0.1, 0.15) is 6.61 Å². The van der Waals surface area contributed by atoms with Crippen molar-refractivity contribution in [2.45, 2.75) is 19.1 Å². The average Bonchev–Trinajstić information content (AvgIpc) is 2.59. The number of nitrogens with zero attached hydrogens (tertiary/aromatic N) is 1. The van der Waals surface area contributed by atoms with Gasteiger partial charge < -0.3 is 9.84 Å². The largest absolute Gasteiger partial charge is 0.479 e. The summed E-state index contributed by atoms with van der Waals surface area (Å²) in [4.78, 5) is 25.4. The molecule has 2 aromatic carbocycles. The second kappa shape index (κ2) is 7.89. The molecular formula is C18H17BrClNO4. The lowest BCUT2D eigenvalue weighted by Crippen LogP contribution is -2.51. The van der Waals surface area contributed by atoms with Crippen LogP contribution in [0.1, 0.15) is 18.1 Å². The predicted octanol–water partition coefficient (Wildman–Crippen LogP) is 4.67. The van der Waals surface area contributed by atoms with Crippen LogP contribution < -0.4 is 0 Å². The molecule has 0 fully saturated rings. The normalized spacial score (nSPS) is 13.0. The lowest BCUT2D eigenvalue weighted by atomic mass is 9.90. The van der Waals surface area contributed by atoms with Gasteiger partial charge in [-0.15, -0.1) is 0 Å². The summed E-state index contributed by atoms with van der Waals surface area (Å²) in [7, 11) is 1.37. The molecule has 5 nitrogen and oxygen atoms in total. The smallest absolute Gasteiger partial charge is 0.411 e. The van der Waals surface area contributed by atoms with Crippen LogP contribution in [0.15, 0.2) is 53.0 Å². The van der Waals surface area contributed by atoms with E-state index in [9.17, 15) is 14.7 Å². The van der Waals surface area contributed by atoms with Gasteiger partial charge in [0.2, 0.25) is 0 Å². The van der Waals surface area contributed by atoms with Gasteiger partial charge in [-0.2, -0.15) is 0 Å². The van der Waals surface area contributed by atoms with Crippen LogP contribution in [0.5, 0.6) is 0 Å². The first-order valence-corrected chi connectivity index (χ1v) is 8.57. The molecule has 0 heterocycles. The lowest BCUT2D eigenvalue weighted by molar-refractivity contribution is -0.149. The van der Waals surface area contributed by atoms with E-state index in [4.69, 9.17) is 16.3 Å². The van der Waals surface area contributed by atoms with Crippen LogP contribution >= 0.6 is 27.5 Å². The van der Waals surface area contributed by atoms with Gasteiger partial charge in [0.05, 0.1) is 0 Å². The van der Waals surface area contributed by atoms with Crippen LogP contribution in [-0.4, -0.2) is 29.1 Å². The highest BCUT2D eigenvalue weighted by molar-refractivity contribution is 9.10. The molecule has 0 aliphatic rings. The Hall–Kier alpha value is -2.05. The molecule has 132 valence electrons. The molecule has 0 radical (unpaired) electrons. The van der Waals surface area contributed by atoms with Gasteiger partial charge in [0.25, 0.3) is 0 Å². The zero-order valence-corrected chi connectivity index (χ0v) is 16.0. The number of benzene rings is 2. The zero-order valence-electron chi connectivity index (χ0n) is 13.7. The fourth-order valence-corrected chi connectivity index (χ4v) is 3.18. The molecule has 0 spiro atoms. The molecule has 7 heteroatoms. The highest BCUT2D eigenvalue weighted by Gasteiger charge is 2.44. The van der Waals surface area contributed by atoms with Gasteiger partial charge >= 0.3 is 12.1 Å². The van der Waals surface area contributed by atoms with Gasteiger partial charge in [-0.25, -0.2) is 9.59 Å². The SMILES string of the molecule is CN(C(=O)OCc1ccccc1)C(C)(C(=O)O)c1ccc(Br)cc1Cl. The number of amides is 1. The molecule has 0 aromatic heterocycles. The summed E-state index contributed by atoms with van der Waals surface area (Å²) in [6.07, 6.45) is -0.757. The van der Waals surface area contributed by atoms with Crippen LogP contribution in [0, 0.1) is 0 Å². The van der Waals surface area contributed by atoms with E-state index in [0.717, 1.165) is 10.5 Å². The first-order chi connectivity index (χ1) is 11.8. The molecule has 1 unspecified atom stereocenters. The van der Waals surface area contributed by atoms with E-state index in [-0.39, 0.29) is 11.6 Å². The fraction of sp³-hybridized carbons (Fsp3) is 0.222. The Labute approximate surface area is 159 Å². The van der Waals surface area contributed by atoms with E-state index in [1.165, 1.54) is 14.0 Å². The molecular weight excluding hydrogens is 410 g/mol. The van der Waals surface area contributed by atoms with Crippen LogP contribution in [0.2, 0.25) is 5.02 Å². The van der Waals surface area contributed by atoms with Crippen molar-refractivity contribution in [3.63, 3.8) is 0 Å². The Morgan fingerprint density at radius 2 is 1.88 bits per heavy atom. The average molecular weight is 427 g/mol. The number of carbonyl (C=O) groups excluding carboxylic acids is 1. The summed E-state index contributed by atoms with van der Waals surface area (Å²) in [6.45, 7) is 1.46. The molecule has 1 atom stereocenters. The number of carboxylic acid groups (broad SMARTS) is 1. The maximum atomic E-state index is 12.4. The van der Waals surface area contributed by atoms with Gasteiger partial charge in [-0.1, -0.05) is 63.9 Å². The number of halogens is 2. The van der Waals surface area contributed by atoms with Crippen LogP contribution in [-0.2, 0) is 21.7 Å². The quantitative estimate of drug-likeness (QED) is 0.754. The topological polar surface area (TPSA) is 66.8 Å². The van der Waals surface area contributed by atoms with Gasteiger partial charge in [-0.05, 0) is 24.6 Å². The monoisotopic (exact) mass is 425 g/mol. The second-order valence-corrected chi connectivity index (χ2v) is 6.92. The minimum atomic E-state index is -1.68. The lowest BCUT2D eigenvalue weighted by Gasteiger charge is -2.35. The molecule has 2 rings (SSSR count). The summed E-state index contributed by atoms with van der Waals surface area (Å²) < 4.78 is 5.95. The number of ether oxygens (including phenoxy) is 1. The van der Waals surface area contributed by atoms with E-state index >= 15 is 0 Å². The molecule has 25 heavy (non-hydrogen) atoms. The third kappa shape index (κ3) is 4.14. The third-order valence-corrected chi connectivity index (χ3v) is 4.83. The van der Waals surface area contributed by atoms with E-state index in [1.807, 2.05) is 30.3 Å². The van der Waals surface area contributed by atoms with E-state index in [2.05, 4.69) is 15.9 Å². The van der Waals surface area contributed by atoms with E-state index in [0.29, 0.717) is 10.0 Å². The summed E-state index contributed by atoms with van der Waals surface area (Å²) in [5, 5.41) is 10.0. The minimum Gasteiger partial charge on any atom is -0.479 e. The Bertz CT molecular complexity index is 784. The maximum Gasteiger partial charge on any atom is 0.411 e. The standard InChI is InChI=1S/C18H17BrClNO4/c1-18(16(22)23,14-9-8-13(19)10-15(14)20)21(2)17(24)25-11-12-6-4-3-5-7-12/h3-10H,11H2,1-2H3,(H,22,23). The Morgan fingerprint density at radius 1 is 1.24 bits per heavy atom. The second-order valence-electron chi connectivity index (χ2n) is 5.60. The van der Waals surface area contributed by atoms with Gasteiger partial charge in [-0.3, -0.25) is 4.90 Å². The van der Waals surface area contributed by atoms with Crippen molar-refractivity contribution in [2.24, 2.45) is 0 Å².